The lowest BCUT2D eigenvalue weighted by atomic mass is 10.2. The molecule has 4 rings (SSSR count). The lowest BCUT2D eigenvalue weighted by Crippen LogP contribution is -2.33. The van der Waals surface area contributed by atoms with Gasteiger partial charge in [0.25, 0.3) is 5.56 Å². The molecule has 3 aromatic carbocycles. The monoisotopic (exact) mass is 461 g/mol. The fraction of sp³-hybridized carbons (Fsp3) is 0.192. The first-order chi connectivity index (χ1) is 16.1. The molecule has 1 unspecified atom stereocenters. The number of thioether (sulfide) groups is 1. The molecule has 1 amide bonds. The molecule has 1 heterocycles. The van der Waals surface area contributed by atoms with Crippen LogP contribution in [0.3, 0.4) is 0 Å². The van der Waals surface area contributed by atoms with Gasteiger partial charge in [0.05, 0.1) is 21.8 Å². The Kier molecular flexibility index (Phi) is 7.19. The SMILES string of the molecule is CCCC(Sc1nc2ccccc2c(=O)n1-c1cccc(F)c1)C(=O)NCc1ccccc1. The molecular formula is C26H24FN3O2S. The molecule has 0 radical (unpaired) electrons. The van der Waals surface area contributed by atoms with Gasteiger partial charge >= 0.3 is 0 Å². The predicted octanol–water partition coefficient (Wildman–Crippen LogP) is 5.10. The Balaban J connectivity index is 1.71. The molecule has 0 saturated heterocycles. The predicted molar refractivity (Wildman–Crippen MR) is 130 cm³/mol. The van der Waals surface area contributed by atoms with E-state index in [1.165, 1.54) is 28.5 Å². The van der Waals surface area contributed by atoms with E-state index in [0.29, 0.717) is 34.7 Å². The summed E-state index contributed by atoms with van der Waals surface area (Å²) in [7, 11) is 0. The number of nitrogens with zero attached hydrogens (tertiary/aromatic N) is 2. The number of nitrogens with one attached hydrogen (secondary N) is 1. The molecule has 1 atom stereocenters. The molecule has 4 aromatic rings. The largest absolute Gasteiger partial charge is 0.351 e. The van der Waals surface area contributed by atoms with Crippen LogP contribution in [0.1, 0.15) is 25.3 Å². The van der Waals surface area contributed by atoms with Crippen LogP contribution in [0.4, 0.5) is 4.39 Å². The first-order valence-corrected chi connectivity index (χ1v) is 11.7. The maximum absolute atomic E-state index is 14.0. The summed E-state index contributed by atoms with van der Waals surface area (Å²) in [5.41, 5.74) is 1.62. The highest BCUT2D eigenvalue weighted by Gasteiger charge is 2.23. The van der Waals surface area contributed by atoms with Gasteiger partial charge in [-0.05, 0) is 42.3 Å². The molecule has 0 fully saturated rings. The van der Waals surface area contributed by atoms with E-state index < -0.39 is 11.1 Å². The summed E-state index contributed by atoms with van der Waals surface area (Å²) in [6, 6.07) is 22.6. The molecule has 0 aliphatic carbocycles. The zero-order valence-electron chi connectivity index (χ0n) is 18.2. The highest BCUT2D eigenvalue weighted by Crippen LogP contribution is 2.28. The van der Waals surface area contributed by atoms with Crippen molar-refractivity contribution < 1.29 is 9.18 Å². The molecule has 7 heteroatoms. The molecule has 168 valence electrons. The average Bonchev–Trinajstić information content (AvgIpc) is 2.83. The van der Waals surface area contributed by atoms with Gasteiger partial charge < -0.3 is 5.32 Å². The third-order valence-electron chi connectivity index (χ3n) is 5.21. The van der Waals surface area contributed by atoms with E-state index in [1.807, 2.05) is 43.3 Å². The lowest BCUT2D eigenvalue weighted by Gasteiger charge is -2.19. The number of aromatic nitrogens is 2. The second-order valence-corrected chi connectivity index (χ2v) is 8.80. The van der Waals surface area contributed by atoms with Crippen molar-refractivity contribution in [3.8, 4) is 5.69 Å². The van der Waals surface area contributed by atoms with E-state index in [4.69, 9.17) is 0 Å². The van der Waals surface area contributed by atoms with Crippen molar-refractivity contribution in [2.24, 2.45) is 0 Å². The fourth-order valence-electron chi connectivity index (χ4n) is 3.57. The summed E-state index contributed by atoms with van der Waals surface area (Å²) in [5.74, 6) is -0.576. The second-order valence-electron chi connectivity index (χ2n) is 7.63. The zero-order chi connectivity index (χ0) is 23.2. The summed E-state index contributed by atoms with van der Waals surface area (Å²) in [6.07, 6.45) is 1.39. The van der Waals surface area contributed by atoms with Crippen LogP contribution < -0.4 is 10.9 Å². The lowest BCUT2D eigenvalue weighted by molar-refractivity contribution is -0.120. The van der Waals surface area contributed by atoms with Crippen LogP contribution in [-0.4, -0.2) is 20.7 Å². The quantitative estimate of drug-likeness (QED) is 0.293. The number of halogens is 1. The van der Waals surface area contributed by atoms with Gasteiger partial charge in [0, 0.05) is 6.54 Å². The van der Waals surface area contributed by atoms with Crippen LogP contribution in [0.15, 0.2) is 88.8 Å². The summed E-state index contributed by atoms with van der Waals surface area (Å²) in [5, 5.41) is 3.33. The number of fused-ring (bicyclic) bond motifs is 1. The van der Waals surface area contributed by atoms with Gasteiger partial charge in [0.2, 0.25) is 5.91 Å². The Morgan fingerprint density at radius 2 is 1.82 bits per heavy atom. The molecule has 0 spiro atoms. The van der Waals surface area contributed by atoms with Gasteiger partial charge in [-0.25, -0.2) is 9.37 Å². The van der Waals surface area contributed by atoms with E-state index in [0.717, 1.165) is 12.0 Å². The van der Waals surface area contributed by atoms with Crippen LogP contribution in [0.5, 0.6) is 0 Å². The van der Waals surface area contributed by atoms with E-state index in [1.54, 1.807) is 30.3 Å². The van der Waals surface area contributed by atoms with Crippen LogP contribution in [0.25, 0.3) is 16.6 Å². The molecular weight excluding hydrogens is 437 g/mol. The molecule has 5 nitrogen and oxygen atoms in total. The maximum Gasteiger partial charge on any atom is 0.266 e. The van der Waals surface area contributed by atoms with Crippen LogP contribution in [0.2, 0.25) is 0 Å². The number of carbonyl (C=O) groups is 1. The van der Waals surface area contributed by atoms with E-state index in [9.17, 15) is 14.0 Å². The highest BCUT2D eigenvalue weighted by atomic mass is 32.2. The molecule has 1 N–H and O–H groups in total. The Labute approximate surface area is 195 Å². The topological polar surface area (TPSA) is 64.0 Å². The van der Waals surface area contributed by atoms with Crippen LogP contribution in [-0.2, 0) is 11.3 Å². The number of carbonyl (C=O) groups excluding carboxylic acids is 1. The van der Waals surface area contributed by atoms with Crippen molar-refractivity contribution in [2.75, 3.05) is 0 Å². The minimum Gasteiger partial charge on any atom is -0.351 e. The standard InChI is InChI=1S/C26H24FN3O2S/c1-2-9-23(24(31)28-17-18-10-4-3-5-11-18)33-26-29-22-15-7-6-14-21(22)25(32)30(26)20-13-8-12-19(27)16-20/h3-8,10-16,23H,2,9,17H2,1H3,(H,28,31). The van der Waals surface area contributed by atoms with E-state index >= 15 is 0 Å². The van der Waals surface area contributed by atoms with Crippen molar-refractivity contribution in [1.29, 1.82) is 0 Å². The summed E-state index contributed by atoms with van der Waals surface area (Å²) in [6.45, 7) is 2.42. The van der Waals surface area contributed by atoms with Gasteiger partial charge in [-0.3, -0.25) is 14.2 Å². The van der Waals surface area contributed by atoms with E-state index in [2.05, 4.69) is 10.3 Å². The maximum atomic E-state index is 14.0. The van der Waals surface area contributed by atoms with E-state index in [-0.39, 0.29) is 11.5 Å². The number of benzene rings is 3. The van der Waals surface area contributed by atoms with Crippen molar-refractivity contribution in [2.45, 2.75) is 36.7 Å². The smallest absolute Gasteiger partial charge is 0.266 e. The Morgan fingerprint density at radius 3 is 2.58 bits per heavy atom. The molecule has 0 aliphatic rings. The van der Waals surface area contributed by atoms with Gasteiger partial charge in [0.1, 0.15) is 5.82 Å². The first-order valence-electron chi connectivity index (χ1n) is 10.8. The van der Waals surface area contributed by atoms with Crippen molar-refractivity contribution in [1.82, 2.24) is 14.9 Å². The van der Waals surface area contributed by atoms with Gasteiger partial charge in [-0.2, -0.15) is 0 Å². The Morgan fingerprint density at radius 1 is 1.06 bits per heavy atom. The fourth-order valence-corrected chi connectivity index (χ4v) is 4.81. The van der Waals surface area contributed by atoms with Gasteiger partial charge in [-0.1, -0.05) is 73.6 Å². The average molecular weight is 462 g/mol. The minimum atomic E-state index is -0.452. The molecule has 0 aliphatic heterocycles. The van der Waals surface area contributed by atoms with Crippen molar-refractivity contribution in [3.05, 3.63) is 101 Å². The highest BCUT2D eigenvalue weighted by molar-refractivity contribution is 8.00. The number of para-hydroxylation sites is 1. The normalized spacial score (nSPS) is 11.9. The first kappa shape index (κ1) is 22.7. The number of rotatable bonds is 8. The Hall–Kier alpha value is -3.45. The minimum absolute atomic E-state index is 0.126. The van der Waals surface area contributed by atoms with Crippen LogP contribution in [0, 0.1) is 5.82 Å². The summed E-state index contributed by atoms with van der Waals surface area (Å²) < 4.78 is 15.4. The Bertz CT molecular complexity index is 1320. The number of hydrogen-bond acceptors (Lipinski definition) is 4. The van der Waals surface area contributed by atoms with Crippen molar-refractivity contribution in [3.63, 3.8) is 0 Å². The molecule has 1 aromatic heterocycles. The van der Waals surface area contributed by atoms with Gasteiger partial charge in [-0.15, -0.1) is 0 Å². The summed E-state index contributed by atoms with van der Waals surface area (Å²) in [4.78, 5) is 31.1. The molecule has 33 heavy (non-hydrogen) atoms. The second kappa shape index (κ2) is 10.4. The third-order valence-corrected chi connectivity index (χ3v) is 6.43. The molecule has 0 bridgehead atoms. The van der Waals surface area contributed by atoms with Gasteiger partial charge in [0.15, 0.2) is 5.16 Å². The van der Waals surface area contributed by atoms with Crippen LogP contribution >= 0.6 is 11.8 Å². The molecule has 0 saturated carbocycles. The number of amides is 1. The van der Waals surface area contributed by atoms with Crippen molar-refractivity contribution >= 4 is 28.6 Å². The number of hydrogen-bond donors (Lipinski definition) is 1. The zero-order valence-corrected chi connectivity index (χ0v) is 19.0. The third kappa shape index (κ3) is 5.31. The summed E-state index contributed by atoms with van der Waals surface area (Å²) >= 11 is 1.23.